The van der Waals surface area contributed by atoms with Gasteiger partial charge in [-0.1, -0.05) is 47.6 Å². The molecule has 1 aromatic heterocycles. The summed E-state index contributed by atoms with van der Waals surface area (Å²) < 4.78 is 34.3. The Morgan fingerprint density at radius 1 is 1.16 bits per heavy atom. The van der Waals surface area contributed by atoms with E-state index in [-0.39, 0.29) is 41.6 Å². The van der Waals surface area contributed by atoms with Crippen LogP contribution in [0.4, 0.5) is 10.7 Å². The Hall–Kier alpha value is -3.23. The summed E-state index contributed by atoms with van der Waals surface area (Å²) in [7, 11) is -4.31. The van der Waals surface area contributed by atoms with Crippen molar-refractivity contribution in [2.45, 2.75) is 88.0 Å². The van der Waals surface area contributed by atoms with Crippen LogP contribution < -0.4 is 10.6 Å². The smallest absolute Gasteiger partial charge is 0.407 e. The number of anilines is 1. The number of aliphatic hydroxyl groups excluding tert-OH is 1. The number of halogens is 1. The first-order valence-corrected chi connectivity index (χ1v) is 16.6. The number of nitrogens with one attached hydrogen (secondary N) is 3. The SMILES string of the molecule is CC(C)(C)OC(=O)N[C@@H](Cc1ccccc1)[C@@H](O)CN(OC1CCCC1)S(=O)(=O)c1ccc2[nH]c(NC(=O)CCCl)nc2c1. The Balaban J connectivity index is 1.61. The second-order valence-electron chi connectivity index (χ2n) is 11.8. The Morgan fingerprint density at radius 3 is 2.52 bits per heavy atom. The van der Waals surface area contributed by atoms with Gasteiger partial charge in [-0.25, -0.2) is 18.2 Å². The van der Waals surface area contributed by atoms with E-state index in [4.69, 9.17) is 21.2 Å². The summed E-state index contributed by atoms with van der Waals surface area (Å²) in [4.78, 5) is 37.8. The minimum atomic E-state index is -4.31. The highest BCUT2D eigenvalue weighted by molar-refractivity contribution is 7.89. The monoisotopic (exact) mass is 649 g/mol. The van der Waals surface area contributed by atoms with Gasteiger partial charge in [0.25, 0.3) is 10.0 Å². The third kappa shape index (κ3) is 9.38. The number of imidazole rings is 1. The molecule has 1 saturated carbocycles. The van der Waals surface area contributed by atoms with Crippen molar-refractivity contribution in [3.8, 4) is 0 Å². The van der Waals surface area contributed by atoms with Crippen molar-refractivity contribution in [1.29, 1.82) is 0 Å². The number of ether oxygens (including phenoxy) is 1. The fourth-order valence-electron chi connectivity index (χ4n) is 4.85. The molecule has 240 valence electrons. The minimum absolute atomic E-state index is 0.0993. The Bertz CT molecular complexity index is 1520. The van der Waals surface area contributed by atoms with E-state index >= 15 is 0 Å². The predicted octanol–water partition coefficient (Wildman–Crippen LogP) is 4.49. The second kappa shape index (κ2) is 14.7. The van der Waals surface area contributed by atoms with Crippen molar-refractivity contribution in [3.05, 3.63) is 54.1 Å². The molecule has 1 aliphatic rings. The van der Waals surface area contributed by atoms with Gasteiger partial charge in [-0.3, -0.25) is 14.9 Å². The van der Waals surface area contributed by atoms with E-state index in [1.54, 1.807) is 26.8 Å². The molecular weight excluding hydrogens is 610 g/mol. The molecule has 1 aliphatic carbocycles. The third-order valence-electron chi connectivity index (χ3n) is 6.97. The molecule has 2 atom stereocenters. The molecule has 0 saturated heterocycles. The summed E-state index contributed by atoms with van der Waals surface area (Å²) >= 11 is 5.63. The molecule has 14 heteroatoms. The lowest BCUT2D eigenvalue weighted by Gasteiger charge is -2.31. The van der Waals surface area contributed by atoms with Crippen LogP contribution in [0, 0.1) is 0 Å². The van der Waals surface area contributed by atoms with E-state index in [1.807, 2.05) is 30.3 Å². The quantitative estimate of drug-likeness (QED) is 0.155. The molecular formula is C30H40ClN5O7S. The number of carbonyl (C=O) groups is 2. The highest BCUT2D eigenvalue weighted by Gasteiger charge is 2.35. The number of amides is 2. The van der Waals surface area contributed by atoms with Crippen LogP contribution in [0.2, 0.25) is 0 Å². The number of benzene rings is 2. The molecule has 0 aliphatic heterocycles. The number of aromatic nitrogens is 2. The van der Waals surface area contributed by atoms with Crippen LogP contribution in [0.15, 0.2) is 53.4 Å². The number of alkyl carbamates (subject to hydrolysis) is 1. The Morgan fingerprint density at radius 2 is 1.86 bits per heavy atom. The summed E-state index contributed by atoms with van der Waals surface area (Å²) in [5, 5.41) is 16.8. The maximum absolute atomic E-state index is 14.0. The Kier molecular flexibility index (Phi) is 11.2. The van der Waals surface area contributed by atoms with Gasteiger partial charge in [0, 0.05) is 12.3 Å². The Labute approximate surface area is 262 Å². The molecule has 0 spiro atoms. The van der Waals surface area contributed by atoms with Crippen LogP contribution in [0.25, 0.3) is 11.0 Å². The maximum atomic E-state index is 14.0. The third-order valence-corrected chi connectivity index (χ3v) is 8.78. The zero-order valence-corrected chi connectivity index (χ0v) is 26.7. The molecule has 0 radical (unpaired) electrons. The number of carbonyl (C=O) groups excluding carboxylic acids is 2. The number of hydrogen-bond donors (Lipinski definition) is 4. The number of rotatable bonds is 13. The van der Waals surface area contributed by atoms with E-state index in [9.17, 15) is 23.1 Å². The van der Waals surface area contributed by atoms with Gasteiger partial charge in [0.05, 0.1) is 40.7 Å². The summed E-state index contributed by atoms with van der Waals surface area (Å²) in [5.74, 6) is -0.0189. The fourth-order valence-corrected chi connectivity index (χ4v) is 6.34. The molecule has 4 N–H and O–H groups in total. The molecule has 2 amide bonds. The largest absolute Gasteiger partial charge is 0.444 e. The summed E-state index contributed by atoms with van der Waals surface area (Å²) in [6.07, 6.45) is 1.02. The lowest BCUT2D eigenvalue weighted by Crippen LogP contribution is -2.51. The fraction of sp³-hybridized carbons (Fsp3) is 0.500. The lowest BCUT2D eigenvalue weighted by atomic mass is 10.0. The molecule has 12 nitrogen and oxygen atoms in total. The van der Waals surface area contributed by atoms with Crippen LogP contribution in [-0.2, 0) is 30.8 Å². The number of hydrogen-bond acceptors (Lipinski definition) is 8. The number of sulfonamides is 1. The van der Waals surface area contributed by atoms with E-state index in [0.717, 1.165) is 22.9 Å². The first-order valence-electron chi connectivity index (χ1n) is 14.6. The van der Waals surface area contributed by atoms with Crippen LogP contribution in [0.5, 0.6) is 0 Å². The second-order valence-corrected chi connectivity index (χ2v) is 14.0. The molecule has 1 fully saturated rings. The van der Waals surface area contributed by atoms with Gasteiger partial charge in [-0.2, -0.15) is 0 Å². The highest BCUT2D eigenvalue weighted by Crippen LogP contribution is 2.28. The van der Waals surface area contributed by atoms with Gasteiger partial charge in [0.15, 0.2) is 0 Å². The molecule has 2 aromatic carbocycles. The van der Waals surface area contributed by atoms with Crippen molar-refractivity contribution in [3.63, 3.8) is 0 Å². The number of fused-ring (bicyclic) bond motifs is 1. The molecule has 44 heavy (non-hydrogen) atoms. The first kappa shape index (κ1) is 33.7. The first-order chi connectivity index (χ1) is 20.8. The molecule has 0 unspecified atom stereocenters. The molecule has 3 aromatic rings. The van der Waals surface area contributed by atoms with Crippen LogP contribution in [0.1, 0.15) is 58.4 Å². The molecule has 4 rings (SSSR count). The van der Waals surface area contributed by atoms with Crippen molar-refractivity contribution in [2.75, 3.05) is 17.7 Å². The van der Waals surface area contributed by atoms with E-state index in [1.165, 1.54) is 12.1 Å². The van der Waals surface area contributed by atoms with Crippen molar-refractivity contribution < 1.29 is 32.7 Å². The van der Waals surface area contributed by atoms with Gasteiger partial charge in [-0.05, 0) is 63.8 Å². The van der Waals surface area contributed by atoms with E-state index < -0.39 is 40.4 Å². The van der Waals surface area contributed by atoms with Crippen molar-refractivity contribution >= 4 is 50.6 Å². The predicted molar refractivity (Wildman–Crippen MR) is 167 cm³/mol. The number of aromatic amines is 1. The summed E-state index contributed by atoms with van der Waals surface area (Å²) in [6.45, 7) is 4.73. The average molecular weight is 650 g/mol. The van der Waals surface area contributed by atoms with Crippen molar-refractivity contribution in [2.24, 2.45) is 0 Å². The van der Waals surface area contributed by atoms with Crippen LogP contribution >= 0.6 is 11.6 Å². The van der Waals surface area contributed by atoms with Gasteiger partial charge in [0.1, 0.15) is 5.60 Å². The minimum Gasteiger partial charge on any atom is -0.444 e. The molecule has 0 bridgehead atoms. The lowest BCUT2D eigenvalue weighted by molar-refractivity contribution is -0.145. The zero-order valence-electron chi connectivity index (χ0n) is 25.1. The van der Waals surface area contributed by atoms with Gasteiger partial charge < -0.3 is 20.1 Å². The number of aliphatic hydroxyl groups is 1. The molecule has 1 heterocycles. The summed E-state index contributed by atoms with van der Waals surface area (Å²) in [6, 6.07) is 12.7. The highest BCUT2D eigenvalue weighted by atomic mass is 35.5. The van der Waals surface area contributed by atoms with Crippen LogP contribution in [0.3, 0.4) is 0 Å². The normalized spacial score (nSPS) is 15.8. The topological polar surface area (TPSA) is 163 Å². The number of H-pyrrole nitrogens is 1. The van der Waals surface area contributed by atoms with Crippen LogP contribution in [-0.4, -0.2) is 76.2 Å². The average Bonchev–Trinajstić information content (AvgIpc) is 3.61. The number of nitrogens with zero attached hydrogens (tertiary/aromatic N) is 2. The van der Waals surface area contributed by atoms with E-state index in [0.29, 0.717) is 23.9 Å². The standard InChI is InChI=1S/C30H40ClN5O7S/c1-30(2,3)42-29(39)34-25(17-20-9-5-4-6-10-20)26(37)19-36(43-21-11-7-8-12-21)44(40,41)22-13-14-23-24(18-22)33-28(32-23)35-27(38)15-16-31/h4-6,9-10,13-14,18,21,25-26,37H,7-8,11-12,15-17,19H2,1-3H3,(H,34,39)(H2,32,33,35,38)/t25-,26-/m0/s1. The number of hydroxylamine groups is 1. The van der Waals surface area contributed by atoms with Gasteiger partial charge in [0.2, 0.25) is 11.9 Å². The maximum Gasteiger partial charge on any atom is 0.407 e. The van der Waals surface area contributed by atoms with Gasteiger partial charge in [-0.15, -0.1) is 11.6 Å². The van der Waals surface area contributed by atoms with E-state index in [2.05, 4.69) is 20.6 Å². The van der Waals surface area contributed by atoms with Crippen molar-refractivity contribution in [1.82, 2.24) is 19.8 Å². The van der Waals surface area contributed by atoms with Gasteiger partial charge >= 0.3 is 6.09 Å². The summed E-state index contributed by atoms with van der Waals surface area (Å²) in [5.41, 5.74) is 0.877. The number of alkyl halides is 1. The zero-order chi connectivity index (χ0) is 31.9.